The minimum Gasteiger partial charge on any atom is -0.478 e. The van der Waals surface area contributed by atoms with Gasteiger partial charge < -0.3 is 14.6 Å². The second-order valence-electron chi connectivity index (χ2n) is 3.00. The number of rotatable bonds is 6. The third-order valence-electron chi connectivity index (χ3n) is 1.80. The van der Waals surface area contributed by atoms with Crippen molar-refractivity contribution in [1.29, 1.82) is 0 Å². The van der Waals surface area contributed by atoms with Gasteiger partial charge in [-0.05, 0) is 0 Å². The van der Waals surface area contributed by atoms with Crippen molar-refractivity contribution >= 4 is 17.6 Å². The first-order chi connectivity index (χ1) is 7.65. The highest BCUT2D eigenvalue weighted by atomic mass is 35.5. The van der Waals surface area contributed by atoms with Crippen LogP contribution in [0.15, 0.2) is 12.3 Å². The van der Waals surface area contributed by atoms with Gasteiger partial charge in [0.2, 0.25) is 5.88 Å². The molecular weight excluding hydrogens is 234 g/mol. The quantitative estimate of drug-likeness (QED) is 0.775. The van der Waals surface area contributed by atoms with Crippen molar-refractivity contribution in [3.63, 3.8) is 0 Å². The third-order valence-corrected chi connectivity index (χ3v) is 2.10. The van der Waals surface area contributed by atoms with Crippen molar-refractivity contribution in [2.45, 2.75) is 6.42 Å². The normalized spacial score (nSPS) is 10.1. The molecule has 0 spiro atoms. The molecule has 1 heterocycles. The minimum atomic E-state index is -1.10. The van der Waals surface area contributed by atoms with E-state index in [1.54, 1.807) is 7.11 Å². The zero-order valence-electron chi connectivity index (χ0n) is 8.77. The fourth-order valence-electron chi connectivity index (χ4n) is 1.04. The van der Waals surface area contributed by atoms with Gasteiger partial charge in [0.05, 0.1) is 23.4 Å². The molecule has 0 aromatic carbocycles. The number of carboxylic acid groups (broad SMARTS) is 1. The number of hydrogen-bond donors (Lipinski definition) is 1. The maximum Gasteiger partial charge on any atom is 0.337 e. The summed E-state index contributed by atoms with van der Waals surface area (Å²) in [5, 5.41) is 8.91. The summed E-state index contributed by atoms with van der Waals surface area (Å²) in [6.45, 7) is 1.00. The predicted molar refractivity (Wildman–Crippen MR) is 58.2 cm³/mol. The molecule has 1 N–H and O–H groups in total. The number of pyridine rings is 1. The summed E-state index contributed by atoms with van der Waals surface area (Å²) in [7, 11) is 1.60. The summed E-state index contributed by atoms with van der Waals surface area (Å²) in [4.78, 5) is 14.6. The second kappa shape index (κ2) is 6.30. The highest BCUT2D eigenvalue weighted by molar-refractivity contribution is 6.33. The minimum absolute atomic E-state index is 0.0154. The van der Waals surface area contributed by atoms with Crippen LogP contribution in [0, 0.1) is 0 Å². The van der Waals surface area contributed by atoms with Gasteiger partial charge in [0, 0.05) is 26.2 Å². The summed E-state index contributed by atoms with van der Waals surface area (Å²) >= 11 is 5.66. The summed E-state index contributed by atoms with van der Waals surface area (Å²) < 4.78 is 10.1. The van der Waals surface area contributed by atoms with Crippen LogP contribution in [0.4, 0.5) is 0 Å². The molecule has 5 nitrogen and oxygen atoms in total. The van der Waals surface area contributed by atoms with Crippen molar-refractivity contribution in [3.8, 4) is 5.88 Å². The number of nitrogens with zero attached hydrogens (tertiary/aromatic N) is 1. The second-order valence-corrected chi connectivity index (χ2v) is 3.41. The average molecular weight is 246 g/mol. The van der Waals surface area contributed by atoms with E-state index in [4.69, 9.17) is 26.2 Å². The number of methoxy groups -OCH3 is 1. The highest BCUT2D eigenvalue weighted by Gasteiger charge is 2.10. The number of carbonyl (C=O) groups is 1. The predicted octanol–water partition coefficient (Wildman–Crippen LogP) is 1.85. The Morgan fingerprint density at radius 1 is 1.56 bits per heavy atom. The largest absolute Gasteiger partial charge is 0.478 e. The molecule has 16 heavy (non-hydrogen) atoms. The van der Waals surface area contributed by atoms with Crippen LogP contribution in [-0.4, -0.2) is 36.4 Å². The Balaban J connectivity index is 2.61. The van der Waals surface area contributed by atoms with E-state index in [1.165, 1.54) is 12.3 Å². The Labute approximate surface area is 98.0 Å². The van der Waals surface area contributed by atoms with Crippen LogP contribution in [0.25, 0.3) is 0 Å². The molecule has 0 radical (unpaired) electrons. The summed E-state index contributed by atoms with van der Waals surface area (Å²) in [5.74, 6) is -0.855. The van der Waals surface area contributed by atoms with E-state index in [9.17, 15) is 4.79 Å². The van der Waals surface area contributed by atoms with Crippen molar-refractivity contribution in [2.24, 2.45) is 0 Å². The number of halogens is 1. The van der Waals surface area contributed by atoms with E-state index >= 15 is 0 Å². The van der Waals surface area contributed by atoms with Crippen molar-refractivity contribution in [3.05, 3.63) is 22.8 Å². The van der Waals surface area contributed by atoms with Gasteiger partial charge in [-0.2, -0.15) is 0 Å². The van der Waals surface area contributed by atoms with Crippen LogP contribution in [-0.2, 0) is 4.74 Å². The van der Waals surface area contributed by atoms with Crippen LogP contribution in [0.1, 0.15) is 16.8 Å². The van der Waals surface area contributed by atoms with Crippen LogP contribution < -0.4 is 4.74 Å². The molecule has 0 atom stereocenters. The Kier molecular flexibility index (Phi) is 5.01. The molecule has 6 heteroatoms. The van der Waals surface area contributed by atoms with Crippen LogP contribution in [0.5, 0.6) is 5.88 Å². The summed E-state index contributed by atoms with van der Waals surface area (Å²) in [6, 6.07) is 1.30. The molecule has 0 aliphatic heterocycles. The number of hydrogen-bond acceptors (Lipinski definition) is 4. The van der Waals surface area contributed by atoms with Gasteiger partial charge in [-0.15, -0.1) is 0 Å². The van der Waals surface area contributed by atoms with Gasteiger partial charge in [-0.1, -0.05) is 11.6 Å². The fraction of sp³-hybridized carbons (Fsp3) is 0.400. The molecular formula is C10H12ClNO4. The van der Waals surface area contributed by atoms with Gasteiger partial charge in [0.25, 0.3) is 0 Å². The van der Waals surface area contributed by atoms with Crippen LogP contribution in [0.3, 0.4) is 0 Å². The summed E-state index contributed by atoms with van der Waals surface area (Å²) in [6.07, 6.45) is 1.97. The SMILES string of the molecule is COCCCOc1cc(C(=O)O)c(Cl)cn1. The highest BCUT2D eigenvalue weighted by Crippen LogP contribution is 2.19. The molecule has 0 fully saturated rings. The molecule has 1 aromatic heterocycles. The van der Waals surface area contributed by atoms with Crippen molar-refractivity contribution in [2.75, 3.05) is 20.3 Å². The Morgan fingerprint density at radius 2 is 2.31 bits per heavy atom. The molecule has 1 rings (SSSR count). The summed E-state index contributed by atoms with van der Waals surface area (Å²) in [5.41, 5.74) is -0.0154. The van der Waals surface area contributed by atoms with Crippen LogP contribution in [0.2, 0.25) is 5.02 Å². The monoisotopic (exact) mass is 245 g/mol. The average Bonchev–Trinajstić information content (AvgIpc) is 2.26. The van der Waals surface area contributed by atoms with E-state index in [0.717, 1.165) is 0 Å². The van der Waals surface area contributed by atoms with Gasteiger partial charge in [0.15, 0.2) is 0 Å². The lowest BCUT2D eigenvalue weighted by Crippen LogP contribution is -2.04. The molecule has 1 aromatic rings. The van der Waals surface area contributed by atoms with Gasteiger partial charge in [0.1, 0.15) is 0 Å². The van der Waals surface area contributed by atoms with Gasteiger partial charge >= 0.3 is 5.97 Å². The number of ether oxygens (including phenoxy) is 2. The zero-order chi connectivity index (χ0) is 12.0. The van der Waals surface area contributed by atoms with Crippen LogP contribution >= 0.6 is 11.6 Å². The Bertz CT molecular complexity index is 370. The van der Waals surface area contributed by atoms with Gasteiger partial charge in [-0.25, -0.2) is 9.78 Å². The lowest BCUT2D eigenvalue weighted by molar-refractivity contribution is 0.0696. The first-order valence-electron chi connectivity index (χ1n) is 4.65. The topological polar surface area (TPSA) is 68.7 Å². The first-order valence-corrected chi connectivity index (χ1v) is 5.03. The maximum atomic E-state index is 10.8. The first kappa shape index (κ1) is 12.7. The number of aromatic nitrogens is 1. The van der Waals surface area contributed by atoms with Crippen molar-refractivity contribution in [1.82, 2.24) is 4.98 Å². The van der Waals surface area contributed by atoms with Gasteiger partial charge in [-0.3, -0.25) is 0 Å². The maximum absolute atomic E-state index is 10.8. The van der Waals surface area contributed by atoms with E-state index in [2.05, 4.69) is 4.98 Å². The Morgan fingerprint density at radius 3 is 2.94 bits per heavy atom. The molecule has 0 saturated carbocycles. The van der Waals surface area contributed by atoms with E-state index in [1.807, 2.05) is 0 Å². The smallest absolute Gasteiger partial charge is 0.337 e. The molecule has 88 valence electrons. The molecule has 0 bridgehead atoms. The molecule has 0 unspecified atom stereocenters. The standard InChI is InChI=1S/C10H12ClNO4/c1-15-3-2-4-16-9-5-7(10(13)14)8(11)6-12-9/h5-6H,2-4H2,1H3,(H,13,14). The molecule has 0 aliphatic rings. The van der Waals surface area contributed by atoms with E-state index in [0.29, 0.717) is 19.6 Å². The lowest BCUT2D eigenvalue weighted by atomic mass is 10.3. The Hall–Kier alpha value is -1.33. The third kappa shape index (κ3) is 3.67. The number of carboxylic acids is 1. The van der Waals surface area contributed by atoms with Crippen molar-refractivity contribution < 1.29 is 19.4 Å². The number of aromatic carboxylic acids is 1. The zero-order valence-corrected chi connectivity index (χ0v) is 9.53. The molecule has 0 amide bonds. The molecule has 0 aliphatic carbocycles. The van der Waals surface area contributed by atoms with E-state index in [-0.39, 0.29) is 16.5 Å². The molecule has 0 saturated heterocycles. The lowest BCUT2D eigenvalue weighted by Gasteiger charge is -2.06. The fourth-order valence-corrected chi connectivity index (χ4v) is 1.23. The van der Waals surface area contributed by atoms with E-state index < -0.39 is 5.97 Å².